The molecule has 1 N–H and O–H groups in total. The van der Waals surface area contributed by atoms with Crippen LogP contribution in [0.15, 0.2) is 42.5 Å². The Kier molecular flexibility index (Phi) is 8.90. The number of carbonyl (C=O) groups excluding carboxylic acids is 2. The summed E-state index contributed by atoms with van der Waals surface area (Å²) in [5.41, 5.74) is 4.27. The summed E-state index contributed by atoms with van der Waals surface area (Å²) in [5.74, 6) is 0.309. The van der Waals surface area contributed by atoms with Crippen molar-refractivity contribution in [2.45, 2.75) is 60.0 Å². The van der Waals surface area contributed by atoms with Gasteiger partial charge in [-0.05, 0) is 68.5 Å². The van der Waals surface area contributed by atoms with Gasteiger partial charge < -0.3 is 15.0 Å². The van der Waals surface area contributed by atoms with E-state index in [-0.39, 0.29) is 18.4 Å². The van der Waals surface area contributed by atoms with Gasteiger partial charge in [0, 0.05) is 13.1 Å². The van der Waals surface area contributed by atoms with E-state index in [0.717, 1.165) is 35.1 Å². The van der Waals surface area contributed by atoms with Crippen LogP contribution in [0.25, 0.3) is 0 Å². The fraction of sp³-hybridized carbons (Fsp3) is 0.440. The SMILES string of the molecule is CCCCNC(=O)[C@@H](C)N(Cc1ccccc1C)C(=O)COc1cc(C)cc(C)c1. The van der Waals surface area contributed by atoms with Crippen LogP contribution in [0.2, 0.25) is 0 Å². The number of nitrogens with zero attached hydrogens (tertiary/aromatic N) is 1. The van der Waals surface area contributed by atoms with Crippen molar-refractivity contribution in [3.05, 3.63) is 64.7 Å². The molecule has 0 unspecified atom stereocenters. The lowest BCUT2D eigenvalue weighted by molar-refractivity contribution is -0.142. The lowest BCUT2D eigenvalue weighted by Crippen LogP contribution is -2.49. The summed E-state index contributed by atoms with van der Waals surface area (Å²) in [5, 5.41) is 2.93. The maximum Gasteiger partial charge on any atom is 0.261 e. The van der Waals surface area contributed by atoms with Crippen LogP contribution < -0.4 is 10.1 Å². The van der Waals surface area contributed by atoms with Gasteiger partial charge >= 0.3 is 0 Å². The number of unbranched alkanes of at least 4 members (excludes halogenated alkanes) is 1. The highest BCUT2D eigenvalue weighted by atomic mass is 16.5. The van der Waals surface area contributed by atoms with E-state index in [0.29, 0.717) is 18.8 Å². The number of amides is 2. The summed E-state index contributed by atoms with van der Waals surface area (Å²) in [6.45, 7) is 10.7. The molecule has 30 heavy (non-hydrogen) atoms. The van der Waals surface area contributed by atoms with Crippen LogP contribution in [-0.2, 0) is 16.1 Å². The van der Waals surface area contributed by atoms with Crippen molar-refractivity contribution in [2.24, 2.45) is 0 Å². The molecule has 0 fully saturated rings. The Labute approximate surface area is 180 Å². The van der Waals surface area contributed by atoms with Crippen molar-refractivity contribution in [3.63, 3.8) is 0 Å². The number of benzene rings is 2. The summed E-state index contributed by atoms with van der Waals surface area (Å²) in [4.78, 5) is 27.4. The van der Waals surface area contributed by atoms with Crippen LogP contribution in [-0.4, -0.2) is 35.9 Å². The molecule has 0 bridgehead atoms. The summed E-state index contributed by atoms with van der Waals surface area (Å²) in [7, 11) is 0. The first-order valence-corrected chi connectivity index (χ1v) is 10.6. The van der Waals surface area contributed by atoms with Crippen LogP contribution in [0.4, 0.5) is 0 Å². The first-order valence-electron chi connectivity index (χ1n) is 10.6. The van der Waals surface area contributed by atoms with Crippen molar-refractivity contribution in [3.8, 4) is 5.75 Å². The molecular formula is C25H34N2O3. The molecule has 0 saturated heterocycles. The molecular weight excluding hydrogens is 376 g/mol. The Morgan fingerprint density at radius 1 is 1.07 bits per heavy atom. The van der Waals surface area contributed by atoms with Crippen LogP contribution in [0.1, 0.15) is 48.9 Å². The van der Waals surface area contributed by atoms with E-state index in [1.807, 2.05) is 57.2 Å². The Morgan fingerprint density at radius 2 is 1.73 bits per heavy atom. The van der Waals surface area contributed by atoms with Crippen LogP contribution >= 0.6 is 0 Å². The Morgan fingerprint density at radius 3 is 2.37 bits per heavy atom. The third kappa shape index (κ3) is 6.90. The van der Waals surface area contributed by atoms with Crippen molar-refractivity contribution in [1.82, 2.24) is 10.2 Å². The fourth-order valence-electron chi connectivity index (χ4n) is 3.33. The second-order valence-corrected chi connectivity index (χ2v) is 7.88. The van der Waals surface area contributed by atoms with Crippen LogP contribution in [0, 0.1) is 20.8 Å². The minimum atomic E-state index is -0.586. The van der Waals surface area contributed by atoms with E-state index in [9.17, 15) is 9.59 Å². The quantitative estimate of drug-likeness (QED) is 0.593. The van der Waals surface area contributed by atoms with Gasteiger partial charge in [-0.15, -0.1) is 0 Å². The summed E-state index contributed by atoms with van der Waals surface area (Å²) < 4.78 is 5.78. The minimum Gasteiger partial charge on any atom is -0.484 e. The van der Waals surface area contributed by atoms with Gasteiger partial charge in [-0.1, -0.05) is 43.7 Å². The number of rotatable bonds is 10. The zero-order valence-corrected chi connectivity index (χ0v) is 18.8. The maximum atomic E-state index is 13.1. The van der Waals surface area contributed by atoms with Gasteiger partial charge in [0.15, 0.2) is 6.61 Å². The third-order valence-corrected chi connectivity index (χ3v) is 5.16. The number of nitrogens with one attached hydrogen (secondary N) is 1. The second-order valence-electron chi connectivity index (χ2n) is 7.88. The van der Waals surface area contributed by atoms with E-state index < -0.39 is 6.04 Å². The first kappa shape index (κ1) is 23.5. The van der Waals surface area contributed by atoms with Crippen molar-refractivity contribution in [2.75, 3.05) is 13.2 Å². The van der Waals surface area contributed by atoms with E-state index >= 15 is 0 Å². The van der Waals surface area contributed by atoms with Crippen LogP contribution in [0.5, 0.6) is 5.75 Å². The summed E-state index contributed by atoms with van der Waals surface area (Å²) in [6.07, 6.45) is 1.92. The van der Waals surface area contributed by atoms with E-state index in [2.05, 4.69) is 18.3 Å². The second kappa shape index (κ2) is 11.4. The third-order valence-electron chi connectivity index (χ3n) is 5.16. The highest BCUT2D eigenvalue weighted by Crippen LogP contribution is 2.18. The Bertz CT molecular complexity index is 843. The van der Waals surface area contributed by atoms with Gasteiger partial charge in [-0.3, -0.25) is 9.59 Å². The van der Waals surface area contributed by atoms with Gasteiger partial charge in [-0.25, -0.2) is 0 Å². The average molecular weight is 411 g/mol. The number of hydrogen-bond donors (Lipinski definition) is 1. The highest BCUT2D eigenvalue weighted by Gasteiger charge is 2.26. The summed E-state index contributed by atoms with van der Waals surface area (Å²) >= 11 is 0. The molecule has 5 nitrogen and oxygen atoms in total. The predicted molar refractivity (Wildman–Crippen MR) is 121 cm³/mol. The van der Waals surface area contributed by atoms with E-state index in [1.165, 1.54) is 0 Å². The number of hydrogen-bond acceptors (Lipinski definition) is 3. The molecule has 0 aliphatic heterocycles. The van der Waals surface area contributed by atoms with Crippen molar-refractivity contribution < 1.29 is 14.3 Å². The Balaban J connectivity index is 2.15. The molecule has 0 aliphatic rings. The van der Waals surface area contributed by atoms with E-state index in [1.54, 1.807) is 11.8 Å². The lowest BCUT2D eigenvalue weighted by Gasteiger charge is -2.29. The molecule has 1 atom stereocenters. The average Bonchev–Trinajstić information content (AvgIpc) is 2.70. The zero-order chi connectivity index (χ0) is 22.1. The molecule has 2 amide bonds. The number of carbonyl (C=O) groups is 2. The zero-order valence-electron chi connectivity index (χ0n) is 18.8. The Hall–Kier alpha value is -2.82. The molecule has 0 aliphatic carbocycles. The maximum absolute atomic E-state index is 13.1. The molecule has 0 saturated carbocycles. The van der Waals surface area contributed by atoms with E-state index in [4.69, 9.17) is 4.74 Å². The van der Waals surface area contributed by atoms with Gasteiger partial charge in [0.05, 0.1) is 0 Å². The number of aryl methyl sites for hydroxylation is 3. The van der Waals surface area contributed by atoms with Crippen molar-refractivity contribution >= 4 is 11.8 Å². The molecule has 0 aromatic heterocycles. The van der Waals surface area contributed by atoms with Gasteiger partial charge in [0.25, 0.3) is 5.91 Å². The fourth-order valence-corrected chi connectivity index (χ4v) is 3.33. The summed E-state index contributed by atoms with van der Waals surface area (Å²) in [6, 6.07) is 13.2. The molecule has 162 valence electrons. The standard InChI is InChI=1S/C25H34N2O3/c1-6-7-12-26-25(29)21(5)27(16-22-11-9-8-10-20(22)4)24(28)17-30-23-14-18(2)13-19(3)15-23/h8-11,13-15,21H,6-7,12,16-17H2,1-5H3,(H,26,29)/t21-/m1/s1. The van der Waals surface area contributed by atoms with Crippen LogP contribution in [0.3, 0.4) is 0 Å². The molecule has 2 aromatic carbocycles. The van der Waals surface area contributed by atoms with Gasteiger partial charge in [0.2, 0.25) is 5.91 Å². The lowest BCUT2D eigenvalue weighted by atomic mass is 10.1. The first-order chi connectivity index (χ1) is 14.3. The number of ether oxygens (including phenoxy) is 1. The predicted octanol–water partition coefficient (Wildman–Crippen LogP) is 4.32. The molecule has 5 heteroatoms. The largest absolute Gasteiger partial charge is 0.484 e. The van der Waals surface area contributed by atoms with Gasteiger partial charge in [-0.2, -0.15) is 0 Å². The highest BCUT2D eigenvalue weighted by molar-refractivity contribution is 5.88. The molecule has 2 aromatic rings. The topological polar surface area (TPSA) is 58.6 Å². The molecule has 2 rings (SSSR count). The molecule has 0 spiro atoms. The molecule has 0 radical (unpaired) electrons. The molecule has 0 heterocycles. The smallest absolute Gasteiger partial charge is 0.261 e. The monoisotopic (exact) mass is 410 g/mol. The van der Waals surface area contributed by atoms with Gasteiger partial charge in [0.1, 0.15) is 11.8 Å². The van der Waals surface area contributed by atoms with Crippen molar-refractivity contribution in [1.29, 1.82) is 0 Å². The minimum absolute atomic E-state index is 0.110. The normalized spacial score (nSPS) is 11.6.